The fraction of sp³-hybridized carbons (Fsp3) is 0.250. The fourth-order valence-electron chi connectivity index (χ4n) is 3.78. The Hall–Kier alpha value is -2.93. The van der Waals surface area contributed by atoms with E-state index in [9.17, 15) is 9.90 Å². The number of hydrogen-bond acceptors (Lipinski definition) is 5. The summed E-state index contributed by atoms with van der Waals surface area (Å²) in [5.41, 5.74) is 4.41. The average Bonchev–Trinajstić information content (AvgIpc) is 2.78. The van der Waals surface area contributed by atoms with Crippen LogP contribution in [0, 0.1) is 0 Å². The summed E-state index contributed by atoms with van der Waals surface area (Å²) in [6.45, 7) is 4.65. The van der Waals surface area contributed by atoms with Crippen LogP contribution in [0.3, 0.4) is 0 Å². The Kier molecular flexibility index (Phi) is 6.82. The number of hydrogen-bond donors (Lipinski definition) is 2. The number of halogens is 1. The van der Waals surface area contributed by atoms with Crippen molar-refractivity contribution in [3.8, 4) is 5.75 Å². The highest BCUT2D eigenvalue weighted by Gasteiger charge is 2.19. The van der Waals surface area contributed by atoms with Crippen molar-refractivity contribution in [2.24, 2.45) is 5.10 Å². The summed E-state index contributed by atoms with van der Waals surface area (Å²) < 4.78 is 0. The van der Waals surface area contributed by atoms with Crippen molar-refractivity contribution < 1.29 is 9.90 Å². The maximum atomic E-state index is 12.3. The van der Waals surface area contributed by atoms with Gasteiger partial charge in [0.05, 0.1) is 12.8 Å². The van der Waals surface area contributed by atoms with Crippen LogP contribution in [0.15, 0.2) is 65.8 Å². The third-order valence-electron chi connectivity index (χ3n) is 5.48. The first-order chi connectivity index (χ1) is 15.1. The molecule has 0 saturated carbocycles. The molecule has 2 N–H and O–H groups in total. The Morgan fingerprint density at radius 2 is 1.71 bits per heavy atom. The zero-order chi connectivity index (χ0) is 21.6. The number of fused-ring (bicyclic) bond motifs is 1. The van der Waals surface area contributed by atoms with E-state index >= 15 is 0 Å². The Morgan fingerprint density at radius 1 is 1.00 bits per heavy atom. The minimum Gasteiger partial charge on any atom is -0.507 e. The van der Waals surface area contributed by atoms with E-state index in [0.717, 1.165) is 48.5 Å². The molecule has 3 aromatic rings. The Balaban J connectivity index is 1.26. The maximum absolute atomic E-state index is 12.3. The molecule has 1 aliphatic heterocycles. The van der Waals surface area contributed by atoms with Crippen molar-refractivity contribution in [2.75, 3.05) is 32.7 Å². The van der Waals surface area contributed by atoms with Gasteiger partial charge in [0.15, 0.2) is 0 Å². The first kappa shape index (κ1) is 21.3. The molecule has 7 heteroatoms. The minimum atomic E-state index is -0.165. The second-order valence-corrected chi connectivity index (χ2v) is 8.13. The van der Waals surface area contributed by atoms with Gasteiger partial charge in [-0.2, -0.15) is 5.10 Å². The molecule has 0 atom stereocenters. The number of amides is 1. The summed E-state index contributed by atoms with van der Waals surface area (Å²) in [5, 5.41) is 16.9. The molecule has 31 heavy (non-hydrogen) atoms. The Labute approximate surface area is 186 Å². The third-order valence-corrected chi connectivity index (χ3v) is 5.73. The first-order valence-electron chi connectivity index (χ1n) is 10.3. The van der Waals surface area contributed by atoms with Gasteiger partial charge in [0, 0.05) is 43.3 Å². The van der Waals surface area contributed by atoms with Gasteiger partial charge in [-0.3, -0.25) is 14.6 Å². The predicted molar refractivity (Wildman–Crippen MR) is 125 cm³/mol. The molecule has 1 fully saturated rings. The van der Waals surface area contributed by atoms with Crippen molar-refractivity contribution in [2.45, 2.75) is 6.54 Å². The van der Waals surface area contributed by atoms with Gasteiger partial charge < -0.3 is 5.11 Å². The van der Waals surface area contributed by atoms with E-state index < -0.39 is 0 Å². The first-order valence-corrected chi connectivity index (χ1v) is 10.7. The van der Waals surface area contributed by atoms with Crippen LogP contribution < -0.4 is 5.43 Å². The molecule has 160 valence electrons. The van der Waals surface area contributed by atoms with Crippen LogP contribution in [-0.2, 0) is 11.3 Å². The molecular formula is C24H25ClN4O2. The van der Waals surface area contributed by atoms with E-state index in [0.29, 0.717) is 12.1 Å². The van der Waals surface area contributed by atoms with Gasteiger partial charge in [-0.25, -0.2) is 5.43 Å². The van der Waals surface area contributed by atoms with Crippen LogP contribution in [0.4, 0.5) is 0 Å². The summed E-state index contributed by atoms with van der Waals surface area (Å²) in [5.74, 6) is -0.0318. The molecule has 6 nitrogen and oxygen atoms in total. The number of nitrogens with zero attached hydrogens (tertiary/aromatic N) is 3. The van der Waals surface area contributed by atoms with Gasteiger partial charge in [-0.1, -0.05) is 54.1 Å². The lowest BCUT2D eigenvalue weighted by Gasteiger charge is -2.34. The Bertz CT molecular complexity index is 1080. The average molecular weight is 437 g/mol. The molecule has 0 aromatic heterocycles. The standard InChI is InChI=1S/C24H25ClN4O2/c25-20-8-5-18(6-9-20)16-28-11-13-29(14-12-28)17-24(31)27-26-15-22-21-4-2-1-3-19(21)7-10-23(22)30/h1-10,15,30H,11-14,16-17H2,(H,27,31). The molecule has 1 aliphatic rings. The molecule has 0 unspecified atom stereocenters. The number of carbonyl (C=O) groups is 1. The van der Waals surface area contributed by atoms with Gasteiger partial charge >= 0.3 is 0 Å². The van der Waals surface area contributed by atoms with Crippen molar-refractivity contribution in [1.29, 1.82) is 0 Å². The van der Waals surface area contributed by atoms with E-state index in [1.54, 1.807) is 6.07 Å². The lowest BCUT2D eigenvalue weighted by molar-refractivity contribution is -0.122. The number of piperazine rings is 1. The van der Waals surface area contributed by atoms with Gasteiger partial charge in [0.1, 0.15) is 5.75 Å². The van der Waals surface area contributed by atoms with Gasteiger partial charge in [-0.05, 0) is 34.5 Å². The number of nitrogens with one attached hydrogen (secondary N) is 1. The fourth-order valence-corrected chi connectivity index (χ4v) is 3.91. The van der Waals surface area contributed by atoms with Gasteiger partial charge in [-0.15, -0.1) is 0 Å². The molecule has 0 bridgehead atoms. The topological polar surface area (TPSA) is 68.2 Å². The number of aromatic hydroxyl groups is 1. The lowest BCUT2D eigenvalue weighted by Crippen LogP contribution is -2.48. The maximum Gasteiger partial charge on any atom is 0.254 e. The van der Waals surface area contributed by atoms with Crippen LogP contribution in [0.5, 0.6) is 5.75 Å². The number of phenolic OH excluding ortho intramolecular Hbond substituents is 1. The molecule has 1 saturated heterocycles. The van der Waals surface area contributed by atoms with E-state index in [4.69, 9.17) is 11.6 Å². The van der Waals surface area contributed by atoms with Crippen LogP contribution in [-0.4, -0.2) is 59.8 Å². The van der Waals surface area contributed by atoms with Crippen molar-refractivity contribution in [3.63, 3.8) is 0 Å². The van der Waals surface area contributed by atoms with Crippen LogP contribution in [0.2, 0.25) is 5.02 Å². The molecule has 0 radical (unpaired) electrons. The molecule has 1 amide bonds. The van der Waals surface area contributed by atoms with E-state index in [2.05, 4.69) is 20.3 Å². The molecule has 0 spiro atoms. The molecule has 0 aliphatic carbocycles. The monoisotopic (exact) mass is 436 g/mol. The summed E-state index contributed by atoms with van der Waals surface area (Å²) in [6, 6.07) is 19.1. The largest absolute Gasteiger partial charge is 0.507 e. The summed E-state index contributed by atoms with van der Waals surface area (Å²) in [7, 11) is 0. The zero-order valence-corrected chi connectivity index (χ0v) is 17.9. The number of carbonyl (C=O) groups excluding carboxylic acids is 1. The van der Waals surface area contributed by atoms with E-state index in [1.165, 1.54) is 11.8 Å². The number of hydrazone groups is 1. The van der Waals surface area contributed by atoms with Crippen LogP contribution in [0.1, 0.15) is 11.1 Å². The van der Waals surface area contributed by atoms with Crippen molar-refractivity contribution in [3.05, 3.63) is 76.8 Å². The van der Waals surface area contributed by atoms with Crippen molar-refractivity contribution in [1.82, 2.24) is 15.2 Å². The summed E-state index contributed by atoms with van der Waals surface area (Å²) in [4.78, 5) is 16.8. The normalized spacial score (nSPS) is 15.5. The highest BCUT2D eigenvalue weighted by molar-refractivity contribution is 6.30. The highest BCUT2D eigenvalue weighted by Crippen LogP contribution is 2.25. The second kappa shape index (κ2) is 9.92. The lowest BCUT2D eigenvalue weighted by atomic mass is 10.0. The van der Waals surface area contributed by atoms with Crippen LogP contribution >= 0.6 is 11.6 Å². The zero-order valence-electron chi connectivity index (χ0n) is 17.2. The SMILES string of the molecule is O=C(CN1CCN(Cc2ccc(Cl)cc2)CC1)NN=Cc1c(O)ccc2ccccc12. The number of benzene rings is 3. The molecule has 1 heterocycles. The van der Waals surface area contributed by atoms with E-state index in [1.807, 2.05) is 54.6 Å². The number of phenols is 1. The minimum absolute atomic E-state index is 0.133. The Morgan fingerprint density at radius 3 is 2.48 bits per heavy atom. The molecule has 3 aromatic carbocycles. The predicted octanol–water partition coefficient (Wildman–Crippen LogP) is 3.47. The number of rotatable bonds is 6. The molecular weight excluding hydrogens is 412 g/mol. The van der Waals surface area contributed by atoms with Crippen molar-refractivity contribution >= 4 is 34.5 Å². The van der Waals surface area contributed by atoms with Gasteiger partial charge in [0.2, 0.25) is 0 Å². The molecule has 4 rings (SSSR count). The summed E-state index contributed by atoms with van der Waals surface area (Å²) >= 11 is 5.95. The van der Waals surface area contributed by atoms with Gasteiger partial charge in [0.25, 0.3) is 5.91 Å². The highest BCUT2D eigenvalue weighted by atomic mass is 35.5. The summed E-state index contributed by atoms with van der Waals surface area (Å²) in [6.07, 6.45) is 1.50. The second-order valence-electron chi connectivity index (χ2n) is 7.69. The third kappa shape index (κ3) is 5.61. The van der Waals surface area contributed by atoms with E-state index in [-0.39, 0.29) is 11.7 Å². The van der Waals surface area contributed by atoms with Crippen LogP contribution in [0.25, 0.3) is 10.8 Å². The smallest absolute Gasteiger partial charge is 0.254 e. The quantitative estimate of drug-likeness (QED) is 0.458.